The maximum atomic E-state index is 11.5. The van der Waals surface area contributed by atoms with E-state index in [-0.39, 0.29) is 12.0 Å². The van der Waals surface area contributed by atoms with Crippen LogP contribution in [0.4, 0.5) is 0 Å². The van der Waals surface area contributed by atoms with Crippen molar-refractivity contribution in [1.82, 2.24) is 10.6 Å². The van der Waals surface area contributed by atoms with Crippen molar-refractivity contribution in [2.45, 2.75) is 19.4 Å². The first-order chi connectivity index (χ1) is 7.24. The molecule has 1 heterocycles. The third-order valence-corrected chi connectivity index (χ3v) is 2.49. The van der Waals surface area contributed by atoms with Crippen molar-refractivity contribution < 1.29 is 9.53 Å². The Bertz CT molecular complexity index is 215. The molecule has 1 saturated heterocycles. The number of carbonyl (C=O) groups excluding carboxylic acids is 1. The summed E-state index contributed by atoms with van der Waals surface area (Å²) in [5, 5.41) is 6.04. The number of hydrogen-bond acceptors (Lipinski definition) is 3. The van der Waals surface area contributed by atoms with Crippen LogP contribution in [0, 0.1) is 5.92 Å². The van der Waals surface area contributed by atoms with Gasteiger partial charge in [0.1, 0.15) is 6.10 Å². The Morgan fingerprint density at radius 1 is 1.73 bits per heavy atom. The molecule has 1 amide bonds. The van der Waals surface area contributed by atoms with Crippen LogP contribution in [0.15, 0.2) is 12.7 Å². The quantitative estimate of drug-likeness (QED) is 0.471. The third-order valence-electron chi connectivity index (χ3n) is 2.49. The highest BCUT2D eigenvalue weighted by Crippen LogP contribution is 2.00. The summed E-state index contributed by atoms with van der Waals surface area (Å²) in [5.74, 6) is 0.570. The molecule has 1 aliphatic heterocycles. The smallest absolute Gasteiger partial charge is 0.248 e. The standard InChI is InChI=1S/C11H20N2O2/c1-3-4-5-15-9(2)11(14)13-8-10-6-12-7-10/h3,9-10,12H,1,4-8H2,2H3,(H,13,14). The van der Waals surface area contributed by atoms with Gasteiger partial charge < -0.3 is 15.4 Å². The highest BCUT2D eigenvalue weighted by Gasteiger charge is 2.19. The lowest BCUT2D eigenvalue weighted by molar-refractivity contribution is -0.131. The first-order valence-electron chi connectivity index (χ1n) is 5.45. The molecule has 4 heteroatoms. The van der Waals surface area contributed by atoms with Crippen molar-refractivity contribution in [3.8, 4) is 0 Å². The highest BCUT2D eigenvalue weighted by molar-refractivity contribution is 5.80. The molecule has 1 fully saturated rings. The van der Waals surface area contributed by atoms with E-state index < -0.39 is 0 Å². The summed E-state index contributed by atoms with van der Waals surface area (Å²) >= 11 is 0. The van der Waals surface area contributed by atoms with Crippen LogP contribution >= 0.6 is 0 Å². The van der Waals surface area contributed by atoms with Gasteiger partial charge in [-0.25, -0.2) is 0 Å². The maximum absolute atomic E-state index is 11.5. The summed E-state index contributed by atoms with van der Waals surface area (Å²) in [4.78, 5) is 11.5. The molecule has 0 radical (unpaired) electrons. The minimum atomic E-state index is -0.363. The van der Waals surface area contributed by atoms with Gasteiger partial charge in [0.25, 0.3) is 0 Å². The van der Waals surface area contributed by atoms with Gasteiger partial charge in [0.2, 0.25) is 5.91 Å². The van der Waals surface area contributed by atoms with Crippen LogP contribution in [-0.4, -0.2) is 38.3 Å². The minimum Gasteiger partial charge on any atom is -0.368 e. The monoisotopic (exact) mass is 212 g/mol. The van der Waals surface area contributed by atoms with E-state index in [0.29, 0.717) is 12.5 Å². The lowest BCUT2D eigenvalue weighted by Gasteiger charge is -2.27. The van der Waals surface area contributed by atoms with Gasteiger partial charge in [0.15, 0.2) is 0 Å². The Balaban J connectivity index is 2.05. The van der Waals surface area contributed by atoms with Gasteiger partial charge in [-0.3, -0.25) is 4.79 Å². The topological polar surface area (TPSA) is 50.4 Å². The molecule has 0 spiro atoms. The van der Waals surface area contributed by atoms with E-state index in [1.807, 2.05) is 0 Å². The van der Waals surface area contributed by atoms with Crippen molar-refractivity contribution >= 4 is 5.91 Å². The molecule has 2 N–H and O–H groups in total. The fourth-order valence-corrected chi connectivity index (χ4v) is 1.29. The SMILES string of the molecule is C=CCCOC(C)C(=O)NCC1CNC1. The summed E-state index contributed by atoms with van der Waals surface area (Å²) in [6.45, 7) is 8.69. The largest absolute Gasteiger partial charge is 0.368 e. The molecule has 0 aromatic rings. The van der Waals surface area contributed by atoms with Crippen molar-refractivity contribution in [2.24, 2.45) is 5.92 Å². The van der Waals surface area contributed by atoms with Crippen LogP contribution in [0.2, 0.25) is 0 Å². The lowest BCUT2D eigenvalue weighted by Crippen LogP contribution is -2.49. The molecular weight excluding hydrogens is 192 g/mol. The molecule has 1 unspecified atom stereocenters. The van der Waals surface area contributed by atoms with Gasteiger partial charge in [-0.05, 0) is 13.3 Å². The number of carbonyl (C=O) groups is 1. The molecule has 4 nitrogen and oxygen atoms in total. The molecule has 0 aliphatic carbocycles. The van der Waals surface area contributed by atoms with E-state index >= 15 is 0 Å². The second-order valence-electron chi connectivity index (χ2n) is 3.86. The second-order valence-corrected chi connectivity index (χ2v) is 3.86. The summed E-state index contributed by atoms with van der Waals surface area (Å²) < 4.78 is 5.33. The Labute approximate surface area is 91.1 Å². The number of hydrogen-bond donors (Lipinski definition) is 2. The molecule has 0 bridgehead atoms. The number of nitrogens with one attached hydrogen (secondary N) is 2. The Hall–Kier alpha value is -0.870. The van der Waals surface area contributed by atoms with Gasteiger partial charge in [0.05, 0.1) is 6.61 Å². The summed E-state index contributed by atoms with van der Waals surface area (Å²) in [5.41, 5.74) is 0. The zero-order chi connectivity index (χ0) is 11.1. The average molecular weight is 212 g/mol. The van der Waals surface area contributed by atoms with Gasteiger partial charge >= 0.3 is 0 Å². The predicted molar refractivity (Wildman–Crippen MR) is 59.6 cm³/mol. The molecule has 1 atom stereocenters. The van der Waals surface area contributed by atoms with Crippen LogP contribution < -0.4 is 10.6 Å². The fraction of sp³-hybridized carbons (Fsp3) is 0.727. The van der Waals surface area contributed by atoms with E-state index in [2.05, 4.69) is 17.2 Å². The minimum absolute atomic E-state index is 0.0223. The molecule has 86 valence electrons. The van der Waals surface area contributed by atoms with Crippen LogP contribution in [-0.2, 0) is 9.53 Å². The Morgan fingerprint density at radius 2 is 2.47 bits per heavy atom. The Morgan fingerprint density at radius 3 is 3.00 bits per heavy atom. The van der Waals surface area contributed by atoms with E-state index in [1.165, 1.54) is 0 Å². The summed E-state index contributed by atoms with van der Waals surface area (Å²) in [6, 6.07) is 0. The highest BCUT2D eigenvalue weighted by atomic mass is 16.5. The molecule has 15 heavy (non-hydrogen) atoms. The van der Waals surface area contributed by atoms with Gasteiger partial charge in [-0.1, -0.05) is 6.08 Å². The van der Waals surface area contributed by atoms with Crippen LogP contribution in [0.1, 0.15) is 13.3 Å². The first-order valence-corrected chi connectivity index (χ1v) is 5.45. The molecular formula is C11H20N2O2. The second kappa shape index (κ2) is 6.58. The normalized spacial score (nSPS) is 17.9. The fourth-order valence-electron chi connectivity index (χ4n) is 1.29. The van der Waals surface area contributed by atoms with Gasteiger partial charge in [0, 0.05) is 25.6 Å². The van der Waals surface area contributed by atoms with Gasteiger partial charge in [-0.15, -0.1) is 6.58 Å². The molecule has 1 rings (SSSR count). The zero-order valence-corrected chi connectivity index (χ0v) is 9.29. The van der Waals surface area contributed by atoms with E-state index in [9.17, 15) is 4.79 Å². The predicted octanol–water partition coefficient (Wildman–Crippen LogP) is 0.303. The van der Waals surface area contributed by atoms with Crippen molar-refractivity contribution in [3.05, 3.63) is 12.7 Å². The van der Waals surface area contributed by atoms with Gasteiger partial charge in [-0.2, -0.15) is 0 Å². The zero-order valence-electron chi connectivity index (χ0n) is 9.29. The van der Waals surface area contributed by atoms with Crippen LogP contribution in [0.5, 0.6) is 0 Å². The lowest BCUT2D eigenvalue weighted by atomic mass is 10.0. The van der Waals surface area contributed by atoms with E-state index in [4.69, 9.17) is 4.74 Å². The molecule has 0 saturated carbocycles. The molecule has 1 aliphatic rings. The summed E-state index contributed by atoms with van der Waals surface area (Å²) in [6.07, 6.45) is 2.20. The van der Waals surface area contributed by atoms with E-state index in [1.54, 1.807) is 13.0 Å². The van der Waals surface area contributed by atoms with Crippen LogP contribution in [0.3, 0.4) is 0 Å². The molecule has 0 aromatic heterocycles. The number of rotatable bonds is 7. The summed E-state index contributed by atoms with van der Waals surface area (Å²) in [7, 11) is 0. The van der Waals surface area contributed by atoms with Crippen molar-refractivity contribution in [1.29, 1.82) is 0 Å². The Kier molecular flexibility index (Phi) is 5.36. The van der Waals surface area contributed by atoms with Crippen molar-refractivity contribution in [3.63, 3.8) is 0 Å². The number of amides is 1. The third kappa shape index (κ3) is 4.44. The first kappa shape index (κ1) is 12.2. The van der Waals surface area contributed by atoms with Crippen molar-refractivity contribution in [2.75, 3.05) is 26.2 Å². The number of ether oxygens (including phenoxy) is 1. The maximum Gasteiger partial charge on any atom is 0.248 e. The average Bonchev–Trinajstić information content (AvgIpc) is 2.15. The van der Waals surface area contributed by atoms with E-state index in [0.717, 1.165) is 26.1 Å². The van der Waals surface area contributed by atoms with Crippen LogP contribution in [0.25, 0.3) is 0 Å². The molecule has 0 aromatic carbocycles.